The number of hydrogen-bond donors (Lipinski definition) is 2. The van der Waals surface area contributed by atoms with Crippen LogP contribution in [0.25, 0.3) is 0 Å². The third-order valence-corrected chi connectivity index (χ3v) is 5.48. The number of benzene rings is 1. The van der Waals surface area contributed by atoms with Crippen molar-refractivity contribution >= 4 is 18.0 Å². The Balaban J connectivity index is 2.02. The zero-order chi connectivity index (χ0) is 18.8. The second-order valence-electron chi connectivity index (χ2n) is 6.48. The monoisotopic (exact) mass is 374 g/mol. The molecule has 0 bridgehead atoms. The van der Waals surface area contributed by atoms with Crippen LogP contribution in [-0.4, -0.2) is 26.6 Å². The first-order chi connectivity index (χ1) is 12.5. The summed E-state index contributed by atoms with van der Waals surface area (Å²) in [6.45, 7) is 5.27. The minimum atomic E-state index is -0.506. The van der Waals surface area contributed by atoms with Crippen LogP contribution in [0.2, 0.25) is 0 Å². The molecule has 0 radical (unpaired) electrons. The molecule has 1 aliphatic heterocycles. The zero-order valence-electron chi connectivity index (χ0n) is 15.1. The van der Waals surface area contributed by atoms with Gasteiger partial charge < -0.3 is 10.4 Å². The van der Waals surface area contributed by atoms with Crippen LogP contribution < -0.4 is 10.9 Å². The maximum atomic E-state index is 13.0. The molecule has 0 fully saturated rings. The van der Waals surface area contributed by atoms with Gasteiger partial charge in [0.1, 0.15) is 11.6 Å². The first-order valence-corrected chi connectivity index (χ1v) is 9.41. The van der Waals surface area contributed by atoms with E-state index in [0.717, 1.165) is 18.5 Å². The number of hydrogen-bond acceptors (Lipinski definition) is 4. The number of nitrogens with two attached hydrogens (primary N) is 1. The SMILES string of the molecule is CCn1c(O)c(C(=O)C[C@H]2[NH2+]CCc3ccccc32)c(=O)n(CC)c1=S. The highest BCUT2D eigenvalue weighted by molar-refractivity contribution is 7.71. The third-order valence-electron chi connectivity index (χ3n) is 5.04. The van der Waals surface area contributed by atoms with Crippen molar-refractivity contribution in [3.05, 3.63) is 56.1 Å². The fourth-order valence-corrected chi connectivity index (χ4v) is 4.11. The van der Waals surface area contributed by atoms with Gasteiger partial charge in [-0.15, -0.1) is 0 Å². The molecule has 0 aliphatic carbocycles. The minimum absolute atomic E-state index is 0.0421. The molecule has 1 aromatic heterocycles. The van der Waals surface area contributed by atoms with Gasteiger partial charge in [0.25, 0.3) is 5.56 Å². The van der Waals surface area contributed by atoms with Crippen LogP contribution in [-0.2, 0) is 19.5 Å². The van der Waals surface area contributed by atoms with Crippen molar-refractivity contribution in [3.63, 3.8) is 0 Å². The highest BCUT2D eigenvalue weighted by Crippen LogP contribution is 2.24. The lowest BCUT2D eigenvalue weighted by molar-refractivity contribution is -0.697. The van der Waals surface area contributed by atoms with Gasteiger partial charge in [0.05, 0.1) is 13.0 Å². The molecular weight excluding hydrogens is 350 g/mol. The predicted octanol–water partition coefficient (Wildman–Crippen LogP) is 1.56. The molecular formula is C19H24N3O3S+. The lowest BCUT2D eigenvalue weighted by Crippen LogP contribution is -2.87. The van der Waals surface area contributed by atoms with Crippen LogP contribution in [0.4, 0.5) is 0 Å². The van der Waals surface area contributed by atoms with Gasteiger partial charge in [0, 0.05) is 25.1 Å². The van der Waals surface area contributed by atoms with Crippen LogP contribution >= 0.6 is 12.2 Å². The van der Waals surface area contributed by atoms with Gasteiger partial charge in [-0.3, -0.25) is 18.7 Å². The molecule has 7 heteroatoms. The number of rotatable bonds is 5. The second kappa shape index (κ2) is 7.55. The van der Waals surface area contributed by atoms with Crippen molar-refractivity contribution < 1.29 is 15.2 Å². The van der Waals surface area contributed by atoms with Crippen molar-refractivity contribution in [1.29, 1.82) is 0 Å². The number of Topliss-reactive ketones (excluding diaryl/α,β-unsaturated/α-hetero) is 1. The van der Waals surface area contributed by atoms with Gasteiger partial charge in [-0.05, 0) is 31.6 Å². The molecule has 3 rings (SSSR count). The number of fused-ring (bicyclic) bond motifs is 1. The van der Waals surface area contributed by atoms with E-state index in [1.165, 1.54) is 14.7 Å². The number of carbonyl (C=O) groups excluding carboxylic acids is 1. The van der Waals surface area contributed by atoms with Crippen LogP contribution in [0.1, 0.15) is 47.8 Å². The Morgan fingerprint density at radius 3 is 2.65 bits per heavy atom. The maximum absolute atomic E-state index is 13.0. The number of carbonyl (C=O) groups is 1. The lowest BCUT2D eigenvalue weighted by Gasteiger charge is -2.23. The Labute approximate surface area is 157 Å². The van der Waals surface area contributed by atoms with Crippen molar-refractivity contribution in [3.8, 4) is 5.88 Å². The van der Waals surface area contributed by atoms with Crippen LogP contribution in [0.15, 0.2) is 29.1 Å². The van der Waals surface area contributed by atoms with E-state index in [4.69, 9.17) is 12.2 Å². The molecule has 0 amide bonds. The highest BCUT2D eigenvalue weighted by Gasteiger charge is 2.29. The maximum Gasteiger partial charge on any atom is 0.269 e. The summed E-state index contributed by atoms with van der Waals surface area (Å²) in [5, 5.41) is 12.6. The quantitative estimate of drug-likeness (QED) is 0.615. The lowest BCUT2D eigenvalue weighted by atomic mass is 9.90. The summed E-state index contributed by atoms with van der Waals surface area (Å²) in [5.41, 5.74) is 1.71. The molecule has 1 aromatic carbocycles. The standard InChI is InChI=1S/C19H23N3O3S/c1-3-21-17(24)16(18(25)22(4-2)19(21)26)15(23)11-14-13-8-6-5-7-12(13)9-10-20-14/h5-8,14,20,24H,3-4,9-11H2,1-2H3/p+1/t14-/m1/s1. The summed E-state index contributed by atoms with van der Waals surface area (Å²) in [5.74, 6) is -0.661. The van der Waals surface area contributed by atoms with Crippen LogP contribution in [0, 0.1) is 4.77 Å². The Hall–Kier alpha value is -2.25. The Morgan fingerprint density at radius 1 is 1.27 bits per heavy atom. The number of quaternary nitrogens is 1. The van der Waals surface area contributed by atoms with E-state index in [1.807, 2.05) is 25.1 Å². The normalized spacial score (nSPS) is 16.3. The zero-order valence-corrected chi connectivity index (χ0v) is 15.9. The number of ketones is 1. The average Bonchev–Trinajstić information content (AvgIpc) is 2.63. The topological polar surface area (TPSA) is 80.8 Å². The molecule has 0 unspecified atom stereocenters. The molecule has 1 atom stereocenters. The van der Waals surface area contributed by atoms with Gasteiger partial charge in [0.2, 0.25) is 5.88 Å². The Bertz CT molecular complexity index is 961. The summed E-state index contributed by atoms with van der Waals surface area (Å²) in [6, 6.07) is 8.04. The number of aromatic hydroxyl groups is 1. The van der Waals surface area contributed by atoms with E-state index >= 15 is 0 Å². The molecule has 2 aromatic rings. The fourth-order valence-electron chi connectivity index (χ4n) is 3.68. The summed E-state index contributed by atoms with van der Waals surface area (Å²) in [4.78, 5) is 25.7. The Morgan fingerprint density at radius 2 is 1.96 bits per heavy atom. The smallest absolute Gasteiger partial charge is 0.269 e. The molecule has 0 saturated heterocycles. The Kier molecular flexibility index (Phi) is 5.38. The summed E-state index contributed by atoms with van der Waals surface area (Å²) in [6.07, 6.45) is 1.14. The van der Waals surface area contributed by atoms with E-state index in [9.17, 15) is 14.7 Å². The van der Waals surface area contributed by atoms with Crippen molar-refractivity contribution in [1.82, 2.24) is 9.13 Å². The van der Waals surface area contributed by atoms with Crippen molar-refractivity contribution in [2.75, 3.05) is 6.54 Å². The van der Waals surface area contributed by atoms with E-state index in [2.05, 4.69) is 11.4 Å². The molecule has 26 heavy (non-hydrogen) atoms. The van der Waals surface area contributed by atoms with E-state index in [1.54, 1.807) is 6.92 Å². The number of aromatic nitrogens is 2. The number of nitrogens with zero attached hydrogens (tertiary/aromatic N) is 2. The molecule has 0 spiro atoms. The second-order valence-corrected chi connectivity index (χ2v) is 6.85. The molecule has 6 nitrogen and oxygen atoms in total. The van der Waals surface area contributed by atoms with E-state index < -0.39 is 5.56 Å². The van der Waals surface area contributed by atoms with E-state index in [-0.39, 0.29) is 34.5 Å². The first kappa shape index (κ1) is 18.5. The minimum Gasteiger partial charge on any atom is -0.494 e. The summed E-state index contributed by atoms with van der Waals surface area (Å²) < 4.78 is 3.04. The molecule has 138 valence electrons. The first-order valence-electron chi connectivity index (χ1n) is 9.00. The largest absolute Gasteiger partial charge is 0.494 e. The third kappa shape index (κ3) is 3.12. The van der Waals surface area contributed by atoms with Gasteiger partial charge >= 0.3 is 0 Å². The van der Waals surface area contributed by atoms with Crippen molar-refractivity contribution in [2.24, 2.45) is 0 Å². The fraction of sp³-hybridized carbons (Fsp3) is 0.421. The van der Waals surface area contributed by atoms with Gasteiger partial charge in [-0.1, -0.05) is 24.3 Å². The molecule has 2 heterocycles. The van der Waals surface area contributed by atoms with Crippen LogP contribution in [0.3, 0.4) is 0 Å². The van der Waals surface area contributed by atoms with Crippen molar-refractivity contribution in [2.45, 2.75) is 45.8 Å². The van der Waals surface area contributed by atoms with Gasteiger partial charge in [-0.25, -0.2) is 0 Å². The van der Waals surface area contributed by atoms with E-state index in [0.29, 0.717) is 13.1 Å². The van der Waals surface area contributed by atoms with Gasteiger partial charge in [0.15, 0.2) is 10.6 Å². The molecule has 1 aliphatic rings. The summed E-state index contributed by atoms with van der Waals surface area (Å²) in [7, 11) is 0. The molecule has 0 saturated carbocycles. The highest BCUT2D eigenvalue weighted by atomic mass is 32.1. The summed E-state index contributed by atoms with van der Waals surface area (Å²) >= 11 is 5.27. The average molecular weight is 374 g/mol. The van der Waals surface area contributed by atoms with Crippen LogP contribution in [0.5, 0.6) is 5.88 Å². The molecule has 3 N–H and O–H groups in total. The van der Waals surface area contributed by atoms with Gasteiger partial charge in [-0.2, -0.15) is 0 Å². The predicted molar refractivity (Wildman–Crippen MR) is 101 cm³/mol.